The molecule has 0 atom stereocenters. The minimum Gasteiger partial charge on any atom is -0.310 e. The molecule has 0 saturated heterocycles. The van der Waals surface area contributed by atoms with Crippen molar-refractivity contribution in [1.29, 1.82) is 0 Å². The molecule has 2 heterocycles. The highest BCUT2D eigenvalue weighted by molar-refractivity contribution is 6.33. The fraction of sp³-hybridized carbons (Fsp3) is 0.176. The Balaban J connectivity index is 2.17. The van der Waals surface area contributed by atoms with Crippen molar-refractivity contribution in [3.63, 3.8) is 0 Å². The number of nitrogens with zero attached hydrogens (tertiary/aromatic N) is 3. The average Bonchev–Trinajstić information content (AvgIpc) is 2.90. The number of rotatable bonds is 2. The number of alkyl halides is 3. The number of carbonyl (C=O) groups is 1. The Hall–Kier alpha value is -2.54. The zero-order valence-electron chi connectivity index (χ0n) is 13.3. The maximum absolute atomic E-state index is 13.1. The van der Waals surface area contributed by atoms with Gasteiger partial charge < -0.3 is 4.90 Å². The summed E-state index contributed by atoms with van der Waals surface area (Å²) in [6.07, 6.45) is -3.74. The number of carbonyl (C=O) groups excluding carboxylic acids is 1. The van der Waals surface area contributed by atoms with Crippen LogP contribution in [0.15, 0.2) is 42.6 Å². The molecule has 0 saturated carbocycles. The predicted octanol–water partition coefficient (Wildman–Crippen LogP) is 4.59. The lowest BCUT2D eigenvalue weighted by molar-refractivity contribution is -0.137. The van der Waals surface area contributed by atoms with E-state index in [1.165, 1.54) is 4.90 Å². The Bertz CT molecular complexity index is 951. The van der Waals surface area contributed by atoms with Gasteiger partial charge in [0.1, 0.15) is 5.69 Å². The van der Waals surface area contributed by atoms with Gasteiger partial charge in [0.05, 0.1) is 16.3 Å². The lowest BCUT2D eigenvalue weighted by Gasteiger charge is -2.18. The highest BCUT2D eigenvalue weighted by Crippen LogP contribution is 2.33. The molecule has 3 rings (SSSR count). The van der Waals surface area contributed by atoms with Gasteiger partial charge >= 0.3 is 6.18 Å². The highest BCUT2D eigenvalue weighted by Gasteiger charge is 2.33. The van der Waals surface area contributed by atoms with Gasteiger partial charge in [-0.15, -0.1) is 0 Å². The van der Waals surface area contributed by atoms with E-state index in [-0.39, 0.29) is 16.4 Å². The molecule has 8 heteroatoms. The molecule has 2 aromatic heterocycles. The molecule has 4 nitrogen and oxygen atoms in total. The second-order valence-corrected chi connectivity index (χ2v) is 5.92. The summed E-state index contributed by atoms with van der Waals surface area (Å²) in [7, 11) is 1.55. The Labute approximate surface area is 146 Å². The zero-order valence-corrected chi connectivity index (χ0v) is 14.1. The molecule has 0 aliphatic heterocycles. The molecule has 0 spiro atoms. The molecule has 3 aromatic rings. The number of para-hydroxylation sites is 1. The first kappa shape index (κ1) is 17.3. The van der Waals surface area contributed by atoms with Crippen LogP contribution in [0.2, 0.25) is 5.02 Å². The smallest absolute Gasteiger partial charge is 0.310 e. The third-order valence-electron chi connectivity index (χ3n) is 3.83. The highest BCUT2D eigenvalue weighted by atomic mass is 35.5. The summed E-state index contributed by atoms with van der Waals surface area (Å²) in [5, 5.41) is -0.167. The van der Waals surface area contributed by atoms with Crippen LogP contribution >= 0.6 is 11.6 Å². The van der Waals surface area contributed by atoms with Crippen LogP contribution in [0.4, 0.5) is 18.9 Å². The van der Waals surface area contributed by atoms with Crippen LogP contribution in [0.1, 0.15) is 21.7 Å². The normalized spacial score (nSPS) is 11.8. The van der Waals surface area contributed by atoms with Crippen LogP contribution in [0.3, 0.4) is 0 Å². The van der Waals surface area contributed by atoms with Gasteiger partial charge in [-0.05, 0) is 25.1 Å². The maximum atomic E-state index is 13.1. The number of halogens is 4. The van der Waals surface area contributed by atoms with Gasteiger partial charge in [0.25, 0.3) is 5.91 Å². The Morgan fingerprint density at radius 3 is 2.48 bits per heavy atom. The molecule has 1 aromatic carbocycles. The predicted molar refractivity (Wildman–Crippen MR) is 89.1 cm³/mol. The van der Waals surface area contributed by atoms with Gasteiger partial charge in [0, 0.05) is 18.9 Å². The summed E-state index contributed by atoms with van der Waals surface area (Å²) < 4.78 is 40.3. The van der Waals surface area contributed by atoms with Crippen molar-refractivity contribution in [3.8, 4) is 0 Å². The van der Waals surface area contributed by atoms with Crippen molar-refractivity contribution in [2.45, 2.75) is 13.1 Å². The lowest BCUT2D eigenvalue weighted by Crippen LogP contribution is -2.28. The van der Waals surface area contributed by atoms with Gasteiger partial charge in [0.15, 0.2) is 5.65 Å². The van der Waals surface area contributed by atoms with E-state index < -0.39 is 17.6 Å². The van der Waals surface area contributed by atoms with E-state index in [1.807, 2.05) is 0 Å². The monoisotopic (exact) mass is 367 g/mol. The molecule has 0 fully saturated rings. The third kappa shape index (κ3) is 3.07. The summed E-state index contributed by atoms with van der Waals surface area (Å²) in [5.41, 5.74) is 0.110. The first-order valence-electron chi connectivity index (χ1n) is 7.28. The quantitative estimate of drug-likeness (QED) is 0.664. The van der Waals surface area contributed by atoms with E-state index in [0.29, 0.717) is 11.4 Å². The van der Waals surface area contributed by atoms with Crippen LogP contribution in [-0.2, 0) is 6.18 Å². The van der Waals surface area contributed by atoms with E-state index in [4.69, 9.17) is 11.6 Å². The molecular formula is C17H13ClF3N3O. The molecule has 1 amide bonds. The van der Waals surface area contributed by atoms with E-state index in [2.05, 4.69) is 4.98 Å². The molecule has 0 bridgehead atoms. The maximum Gasteiger partial charge on any atom is 0.417 e. The van der Waals surface area contributed by atoms with Crippen molar-refractivity contribution < 1.29 is 18.0 Å². The zero-order chi connectivity index (χ0) is 18.4. The number of hydrogen-bond acceptors (Lipinski definition) is 2. The lowest BCUT2D eigenvalue weighted by atomic mass is 10.2. The first-order valence-corrected chi connectivity index (χ1v) is 7.66. The number of benzene rings is 1. The van der Waals surface area contributed by atoms with Gasteiger partial charge in [-0.2, -0.15) is 13.2 Å². The van der Waals surface area contributed by atoms with Gasteiger partial charge in [-0.25, -0.2) is 4.98 Å². The summed E-state index contributed by atoms with van der Waals surface area (Å²) >= 11 is 5.95. The van der Waals surface area contributed by atoms with Crippen LogP contribution in [0.5, 0.6) is 0 Å². The number of pyridine rings is 1. The minimum absolute atomic E-state index is 0.0364. The Kier molecular flexibility index (Phi) is 4.20. The first-order chi connectivity index (χ1) is 11.7. The molecule has 0 aliphatic rings. The number of aromatic nitrogens is 2. The number of fused-ring (bicyclic) bond motifs is 1. The molecule has 0 N–H and O–H groups in total. The van der Waals surface area contributed by atoms with Crippen LogP contribution in [-0.4, -0.2) is 22.3 Å². The van der Waals surface area contributed by atoms with Crippen molar-refractivity contribution in [1.82, 2.24) is 9.38 Å². The van der Waals surface area contributed by atoms with Gasteiger partial charge in [0.2, 0.25) is 0 Å². The number of aryl methyl sites for hydroxylation is 1. The summed E-state index contributed by atoms with van der Waals surface area (Å²) in [4.78, 5) is 18.4. The van der Waals surface area contributed by atoms with E-state index in [9.17, 15) is 18.0 Å². The fourth-order valence-electron chi connectivity index (χ4n) is 2.56. The topological polar surface area (TPSA) is 37.6 Å². The van der Waals surface area contributed by atoms with Gasteiger partial charge in [-0.3, -0.25) is 9.20 Å². The molecule has 0 aliphatic carbocycles. The molecule has 0 radical (unpaired) electrons. The average molecular weight is 368 g/mol. The largest absolute Gasteiger partial charge is 0.417 e. The molecule has 25 heavy (non-hydrogen) atoms. The van der Waals surface area contributed by atoms with Crippen molar-refractivity contribution in [2.24, 2.45) is 0 Å². The summed E-state index contributed by atoms with van der Waals surface area (Å²) in [6.45, 7) is 1.56. The third-order valence-corrected chi connectivity index (χ3v) is 4.11. The molecular weight excluding hydrogens is 355 g/mol. The van der Waals surface area contributed by atoms with Crippen LogP contribution in [0, 0.1) is 6.92 Å². The fourth-order valence-corrected chi connectivity index (χ4v) is 2.81. The van der Waals surface area contributed by atoms with Crippen molar-refractivity contribution >= 4 is 28.8 Å². The Morgan fingerprint density at radius 1 is 1.24 bits per heavy atom. The van der Waals surface area contributed by atoms with E-state index in [1.54, 1.807) is 44.3 Å². The van der Waals surface area contributed by atoms with Crippen LogP contribution in [0.25, 0.3) is 5.65 Å². The van der Waals surface area contributed by atoms with E-state index >= 15 is 0 Å². The second-order valence-electron chi connectivity index (χ2n) is 5.51. The van der Waals surface area contributed by atoms with E-state index in [0.717, 1.165) is 16.7 Å². The number of amides is 1. The van der Waals surface area contributed by atoms with Crippen LogP contribution < -0.4 is 4.90 Å². The van der Waals surface area contributed by atoms with Crippen molar-refractivity contribution in [2.75, 3.05) is 11.9 Å². The summed E-state index contributed by atoms with van der Waals surface area (Å²) in [5.74, 6) is -0.480. The van der Waals surface area contributed by atoms with Gasteiger partial charge in [-0.1, -0.05) is 29.8 Å². The van der Waals surface area contributed by atoms with Crippen molar-refractivity contribution in [3.05, 3.63) is 64.6 Å². The standard InChI is InChI=1S/C17H13ClF3N3O/c1-10-14(16(25)23(2)12-6-4-3-5-7-12)24-9-11(17(19,20)21)8-13(18)15(24)22-10/h3-9H,1-2H3. The number of imidazole rings is 1. The number of anilines is 1. The number of hydrogen-bond donors (Lipinski definition) is 0. The molecule has 130 valence electrons. The second kappa shape index (κ2) is 6.07. The summed E-state index contributed by atoms with van der Waals surface area (Å²) in [6, 6.07) is 9.59. The minimum atomic E-state index is -4.58. The SMILES string of the molecule is Cc1nc2c(Cl)cc(C(F)(F)F)cn2c1C(=O)N(C)c1ccccc1. The molecule has 0 unspecified atom stereocenters. The Morgan fingerprint density at radius 2 is 1.88 bits per heavy atom.